The first-order chi connectivity index (χ1) is 15.2. The molecule has 1 aliphatic rings. The molecular weight excluding hydrogens is 403 g/mol. The van der Waals surface area contributed by atoms with Crippen LogP contribution in [0.4, 0.5) is 4.79 Å². The topological polar surface area (TPSA) is 68.8 Å². The summed E-state index contributed by atoms with van der Waals surface area (Å²) in [5.41, 5.74) is 3.00. The molecule has 0 radical (unpaired) electrons. The Bertz CT molecular complexity index is 928. The minimum absolute atomic E-state index is 0.215. The van der Waals surface area contributed by atoms with Gasteiger partial charge in [0.05, 0.1) is 11.2 Å². The molecule has 32 heavy (non-hydrogen) atoms. The Balaban J connectivity index is 1.76. The number of rotatable bonds is 8. The van der Waals surface area contributed by atoms with E-state index in [9.17, 15) is 4.79 Å². The molecule has 3 rings (SSSR count). The van der Waals surface area contributed by atoms with Gasteiger partial charge in [-0.2, -0.15) is 0 Å². The summed E-state index contributed by atoms with van der Waals surface area (Å²) in [6, 6.07) is 17.7. The molecule has 1 heterocycles. The van der Waals surface area contributed by atoms with E-state index in [0.717, 1.165) is 28.7 Å². The standard InChI is InChI=1S/C25H33BN2O4/c1-24(2)25(3,4)32-26(31-24)22(15-20-13-9-10-14-21(20)16-27-5)17-28-23(29)30-18-19-11-7-6-8-12-19/h6-15,27H,16-18H2,1-5H3,(H,28,29). The van der Waals surface area contributed by atoms with Crippen molar-refractivity contribution in [2.45, 2.75) is 52.0 Å². The molecule has 0 atom stereocenters. The fraction of sp³-hybridized carbons (Fsp3) is 0.400. The van der Waals surface area contributed by atoms with Gasteiger partial charge in [-0.05, 0) is 56.9 Å². The third-order valence-electron chi connectivity index (χ3n) is 5.97. The van der Waals surface area contributed by atoms with Crippen LogP contribution in [0.15, 0.2) is 60.1 Å². The molecule has 0 unspecified atom stereocenters. The number of alkyl carbamates (subject to hydrolysis) is 1. The summed E-state index contributed by atoms with van der Waals surface area (Å²) in [4.78, 5) is 12.4. The Hall–Kier alpha value is -2.61. The minimum Gasteiger partial charge on any atom is -0.445 e. The lowest BCUT2D eigenvalue weighted by molar-refractivity contribution is 0.00578. The number of ether oxygens (including phenoxy) is 1. The highest BCUT2D eigenvalue weighted by Gasteiger charge is 2.52. The smallest absolute Gasteiger partial charge is 0.445 e. The van der Waals surface area contributed by atoms with E-state index in [2.05, 4.69) is 16.7 Å². The number of hydrogen-bond acceptors (Lipinski definition) is 5. The number of amides is 1. The molecule has 1 amide bonds. The Kier molecular flexibility index (Phi) is 7.77. The normalized spacial score (nSPS) is 17.3. The molecule has 0 bridgehead atoms. The van der Waals surface area contributed by atoms with Crippen LogP contribution in [-0.2, 0) is 27.2 Å². The molecule has 170 valence electrons. The predicted octanol–water partition coefficient (Wildman–Crippen LogP) is 4.35. The van der Waals surface area contributed by atoms with Crippen molar-refractivity contribution < 1.29 is 18.8 Å². The maximum atomic E-state index is 12.4. The van der Waals surface area contributed by atoms with Crippen LogP contribution in [0.3, 0.4) is 0 Å². The van der Waals surface area contributed by atoms with Gasteiger partial charge < -0.3 is 24.7 Å². The molecular formula is C25H33BN2O4. The first-order valence-corrected chi connectivity index (χ1v) is 10.9. The summed E-state index contributed by atoms with van der Waals surface area (Å²) >= 11 is 0. The van der Waals surface area contributed by atoms with Crippen LogP contribution >= 0.6 is 0 Å². The third kappa shape index (κ3) is 6.00. The molecule has 0 aliphatic carbocycles. The fourth-order valence-corrected chi connectivity index (χ4v) is 3.37. The molecule has 1 saturated heterocycles. The van der Waals surface area contributed by atoms with E-state index in [1.165, 1.54) is 0 Å². The highest BCUT2D eigenvalue weighted by atomic mass is 16.7. The van der Waals surface area contributed by atoms with E-state index < -0.39 is 24.4 Å². The zero-order valence-electron chi connectivity index (χ0n) is 19.6. The third-order valence-corrected chi connectivity index (χ3v) is 5.97. The monoisotopic (exact) mass is 436 g/mol. The molecule has 2 aromatic carbocycles. The van der Waals surface area contributed by atoms with Crippen molar-refractivity contribution in [3.8, 4) is 0 Å². The average molecular weight is 436 g/mol. The van der Waals surface area contributed by atoms with Crippen molar-refractivity contribution in [3.63, 3.8) is 0 Å². The van der Waals surface area contributed by atoms with Crippen molar-refractivity contribution in [1.29, 1.82) is 0 Å². The van der Waals surface area contributed by atoms with Crippen LogP contribution in [0.2, 0.25) is 0 Å². The summed E-state index contributed by atoms with van der Waals surface area (Å²) in [5.74, 6) is 0. The Labute approximate surface area is 191 Å². The fourth-order valence-electron chi connectivity index (χ4n) is 3.37. The number of hydrogen-bond donors (Lipinski definition) is 2. The van der Waals surface area contributed by atoms with Gasteiger partial charge >= 0.3 is 13.2 Å². The molecule has 1 fully saturated rings. The maximum Gasteiger partial charge on any atom is 0.492 e. The molecule has 0 aromatic heterocycles. The van der Waals surface area contributed by atoms with Gasteiger partial charge in [0.25, 0.3) is 0 Å². The van der Waals surface area contributed by atoms with Gasteiger partial charge in [0, 0.05) is 13.1 Å². The van der Waals surface area contributed by atoms with Crippen molar-refractivity contribution in [2.24, 2.45) is 0 Å². The number of benzene rings is 2. The van der Waals surface area contributed by atoms with E-state index in [-0.39, 0.29) is 13.2 Å². The van der Waals surface area contributed by atoms with Gasteiger partial charge in [0.2, 0.25) is 0 Å². The molecule has 0 saturated carbocycles. The highest BCUT2D eigenvalue weighted by molar-refractivity contribution is 6.56. The lowest BCUT2D eigenvalue weighted by atomic mass is 9.76. The lowest BCUT2D eigenvalue weighted by Gasteiger charge is -2.32. The van der Waals surface area contributed by atoms with E-state index in [4.69, 9.17) is 14.0 Å². The first-order valence-electron chi connectivity index (χ1n) is 10.9. The number of carbonyl (C=O) groups is 1. The Morgan fingerprint density at radius 1 is 1.00 bits per heavy atom. The largest absolute Gasteiger partial charge is 0.492 e. The lowest BCUT2D eigenvalue weighted by Crippen LogP contribution is -2.41. The summed E-state index contributed by atoms with van der Waals surface area (Å²) in [6.07, 6.45) is 1.55. The van der Waals surface area contributed by atoms with E-state index in [1.54, 1.807) is 0 Å². The van der Waals surface area contributed by atoms with Crippen LogP contribution in [0.1, 0.15) is 44.4 Å². The van der Waals surface area contributed by atoms with E-state index in [1.807, 2.05) is 89.3 Å². The SMILES string of the molecule is CNCc1ccccc1C=C(CNC(=O)OCc1ccccc1)B1OC(C)(C)C(C)(C)O1. The second kappa shape index (κ2) is 10.3. The zero-order chi connectivity index (χ0) is 23.2. The van der Waals surface area contributed by atoms with Crippen molar-refractivity contribution in [1.82, 2.24) is 10.6 Å². The van der Waals surface area contributed by atoms with Gasteiger partial charge in [0.15, 0.2) is 0 Å². The van der Waals surface area contributed by atoms with Crippen molar-refractivity contribution >= 4 is 19.3 Å². The van der Waals surface area contributed by atoms with Gasteiger partial charge in [-0.1, -0.05) is 60.7 Å². The molecule has 6 nitrogen and oxygen atoms in total. The summed E-state index contributed by atoms with van der Waals surface area (Å²) in [6.45, 7) is 9.26. The van der Waals surface area contributed by atoms with Crippen LogP contribution < -0.4 is 10.6 Å². The molecule has 2 N–H and O–H groups in total. The highest BCUT2D eigenvalue weighted by Crippen LogP contribution is 2.38. The van der Waals surface area contributed by atoms with Gasteiger partial charge in [-0.25, -0.2) is 4.79 Å². The van der Waals surface area contributed by atoms with Crippen LogP contribution in [0, 0.1) is 0 Å². The van der Waals surface area contributed by atoms with Crippen LogP contribution in [0.25, 0.3) is 6.08 Å². The maximum absolute atomic E-state index is 12.4. The van der Waals surface area contributed by atoms with Gasteiger partial charge in [-0.3, -0.25) is 0 Å². The van der Waals surface area contributed by atoms with Crippen molar-refractivity contribution in [3.05, 3.63) is 76.8 Å². The molecule has 1 aliphatic heterocycles. The summed E-state index contributed by atoms with van der Waals surface area (Å²) in [5, 5.41) is 6.05. The first kappa shape index (κ1) is 24.0. The Morgan fingerprint density at radius 2 is 1.62 bits per heavy atom. The molecule has 7 heteroatoms. The quantitative estimate of drug-likeness (QED) is 0.603. The van der Waals surface area contributed by atoms with Gasteiger partial charge in [-0.15, -0.1) is 0 Å². The summed E-state index contributed by atoms with van der Waals surface area (Å²) in [7, 11) is 1.34. The van der Waals surface area contributed by atoms with E-state index in [0.29, 0.717) is 0 Å². The van der Waals surface area contributed by atoms with Crippen molar-refractivity contribution in [2.75, 3.05) is 13.6 Å². The molecule has 2 aromatic rings. The number of nitrogens with one attached hydrogen (secondary N) is 2. The predicted molar refractivity (Wildman–Crippen MR) is 128 cm³/mol. The molecule has 0 spiro atoms. The average Bonchev–Trinajstić information content (AvgIpc) is 2.98. The van der Waals surface area contributed by atoms with Crippen LogP contribution in [-0.4, -0.2) is 38.0 Å². The van der Waals surface area contributed by atoms with Crippen LogP contribution in [0.5, 0.6) is 0 Å². The summed E-state index contributed by atoms with van der Waals surface area (Å²) < 4.78 is 17.9. The zero-order valence-corrected chi connectivity index (χ0v) is 19.6. The second-order valence-corrected chi connectivity index (χ2v) is 8.95. The van der Waals surface area contributed by atoms with Gasteiger partial charge in [0.1, 0.15) is 6.61 Å². The minimum atomic E-state index is -0.572. The second-order valence-electron chi connectivity index (χ2n) is 8.95. The van der Waals surface area contributed by atoms with E-state index >= 15 is 0 Å². The Morgan fingerprint density at radius 3 is 2.28 bits per heavy atom. The number of carbonyl (C=O) groups excluding carboxylic acids is 1.